The number of halogens is 1. The van der Waals surface area contributed by atoms with Crippen LogP contribution in [0.25, 0.3) is 6.08 Å². The Hall–Kier alpha value is -3.36. The van der Waals surface area contributed by atoms with Gasteiger partial charge in [-0.1, -0.05) is 42.0 Å². The highest BCUT2D eigenvalue weighted by atomic mass is 35.5. The van der Waals surface area contributed by atoms with Crippen LogP contribution in [0.15, 0.2) is 57.5 Å². The van der Waals surface area contributed by atoms with Crippen LogP contribution in [-0.2, 0) is 4.79 Å². The molecule has 0 aliphatic carbocycles. The molecule has 1 aliphatic heterocycles. The van der Waals surface area contributed by atoms with Crippen molar-refractivity contribution in [1.82, 2.24) is 4.57 Å². The number of fused-ring (bicyclic) bond motifs is 1. The van der Waals surface area contributed by atoms with E-state index < -0.39 is 6.04 Å². The highest BCUT2D eigenvalue weighted by molar-refractivity contribution is 7.07. The minimum Gasteiger partial charge on any atom is -0.493 e. The average Bonchev–Trinajstić information content (AvgIpc) is 3.17. The zero-order valence-electron chi connectivity index (χ0n) is 20.0. The highest BCUT2D eigenvalue weighted by Gasteiger charge is 2.33. The van der Waals surface area contributed by atoms with E-state index in [-0.39, 0.29) is 17.8 Å². The monoisotopic (exact) mass is 512 g/mol. The van der Waals surface area contributed by atoms with Crippen molar-refractivity contribution in [1.29, 1.82) is 0 Å². The predicted octanol–water partition coefficient (Wildman–Crippen LogP) is 3.89. The molecule has 1 aliphatic rings. The van der Waals surface area contributed by atoms with E-state index in [2.05, 4.69) is 4.99 Å². The molecular weight excluding hydrogens is 488 g/mol. The molecule has 0 spiro atoms. The fourth-order valence-corrected chi connectivity index (χ4v) is 5.33. The van der Waals surface area contributed by atoms with Crippen molar-refractivity contribution in [3.05, 3.63) is 83.5 Å². The second-order valence-corrected chi connectivity index (χ2v) is 9.31. The topological polar surface area (TPSA) is 79.1 Å². The number of carbonyl (C=O) groups is 1. The van der Waals surface area contributed by atoms with E-state index in [1.54, 1.807) is 48.8 Å². The first-order chi connectivity index (χ1) is 16.8. The van der Waals surface area contributed by atoms with Gasteiger partial charge in [-0.25, -0.2) is 4.99 Å². The lowest BCUT2D eigenvalue weighted by molar-refractivity contribution is -0.115. The van der Waals surface area contributed by atoms with E-state index in [0.717, 1.165) is 5.56 Å². The van der Waals surface area contributed by atoms with Crippen LogP contribution in [0, 0.1) is 0 Å². The van der Waals surface area contributed by atoms with E-state index in [4.69, 9.17) is 25.8 Å². The number of Topliss-reactive ketones (excluding diaryl/α,β-unsaturated/α-hetero) is 1. The maximum absolute atomic E-state index is 13.7. The molecule has 0 N–H and O–H groups in total. The number of benzene rings is 2. The molecule has 35 heavy (non-hydrogen) atoms. The van der Waals surface area contributed by atoms with E-state index >= 15 is 0 Å². The Morgan fingerprint density at radius 1 is 1.11 bits per heavy atom. The van der Waals surface area contributed by atoms with Gasteiger partial charge in [-0.3, -0.25) is 14.2 Å². The molecule has 0 fully saturated rings. The largest absolute Gasteiger partial charge is 0.493 e. The molecule has 2 aromatic carbocycles. The minimum atomic E-state index is -0.695. The molecule has 0 amide bonds. The summed E-state index contributed by atoms with van der Waals surface area (Å²) < 4.78 is 18.6. The molecule has 1 atom stereocenters. The Morgan fingerprint density at radius 2 is 1.74 bits per heavy atom. The van der Waals surface area contributed by atoms with Crippen LogP contribution in [0.1, 0.15) is 37.4 Å². The zero-order chi connectivity index (χ0) is 25.3. The number of allylic oxidation sites excluding steroid dienone is 2. The highest BCUT2D eigenvalue weighted by Crippen LogP contribution is 2.42. The Morgan fingerprint density at radius 3 is 2.29 bits per heavy atom. The summed E-state index contributed by atoms with van der Waals surface area (Å²) in [6, 6.07) is 10.1. The number of ether oxygens (including phenoxy) is 3. The van der Waals surface area contributed by atoms with Gasteiger partial charge in [0.25, 0.3) is 5.56 Å². The Bertz CT molecular complexity index is 1480. The van der Waals surface area contributed by atoms with Gasteiger partial charge in [-0.15, -0.1) is 0 Å². The Labute approximate surface area is 211 Å². The summed E-state index contributed by atoms with van der Waals surface area (Å²) in [5.41, 5.74) is 2.30. The number of methoxy groups -OCH3 is 3. The lowest BCUT2D eigenvalue weighted by Crippen LogP contribution is -2.39. The van der Waals surface area contributed by atoms with Crippen molar-refractivity contribution in [3.63, 3.8) is 0 Å². The van der Waals surface area contributed by atoms with Crippen LogP contribution in [0.2, 0.25) is 5.02 Å². The summed E-state index contributed by atoms with van der Waals surface area (Å²) in [6.07, 6.45) is 2.08. The quantitative estimate of drug-likeness (QED) is 0.480. The van der Waals surface area contributed by atoms with Gasteiger partial charge in [0.05, 0.1) is 31.9 Å². The van der Waals surface area contributed by atoms with Crippen LogP contribution in [0.5, 0.6) is 17.2 Å². The third kappa shape index (κ3) is 4.51. The fraction of sp³-hybridized carbons (Fsp3) is 0.269. The molecule has 4 rings (SSSR count). The number of hydrogen-bond acceptors (Lipinski definition) is 7. The summed E-state index contributed by atoms with van der Waals surface area (Å²) in [5.74, 6) is 1.21. The fourth-order valence-electron chi connectivity index (χ4n) is 4.15. The van der Waals surface area contributed by atoms with Gasteiger partial charge in [-0.05, 0) is 48.4 Å². The number of nitrogens with zero attached hydrogens (tertiary/aromatic N) is 2. The number of carbonyl (C=O) groups excluding carboxylic acids is 1. The van der Waals surface area contributed by atoms with Crippen molar-refractivity contribution in [2.45, 2.75) is 26.3 Å². The van der Waals surface area contributed by atoms with Crippen molar-refractivity contribution in [2.75, 3.05) is 21.3 Å². The van der Waals surface area contributed by atoms with Gasteiger partial charge >= 0.3 is 0 Å². The number of ketones is 1. The molecule has 1 aromatic heterocycles. The van der Waals surface area contributed by atoms with Gasteiger partial charge in [-0.2, -0.15) is 0 Å². The summed E-state index contributed by atoms with van der Waals surface area (Å²) >= 11 is 7.28. The maximum atomic E-state index is 13.7. The first kappa shape index (κ1) is 24.8. The number of rotatable bonds is 7. The number of aromatic nitrogens is 1. The molecule has 0 bridgehead atoms. The molecule has 7 nitrogen and oxygen atoms in total. The van der Waals surface area contributed by atoms with Gasteiger partial charge in [0, 0.05) is 22.7 Å². The third-order valence-electron chi connectivity index (χ3n) is 5.81. The average molecular weight is 513 g/mol. The minimum absolute atomic E-state index is 0.0861. The summed E-state index contributed by atoms with van der Waals surface area (Å²) in [5, 5.41) is 0.615. The standard InChI is InChI=1S/C26H25ClN2O5S/c1-6-18(30)22-14(2)28-26-29(25(31)21(35-26)11-15-7-9-17(27)10-8-15)23(22)16-12-19(32-3)24(34-5)20(13-16)33-4/h7-13,23H,6H2,1-5H3/b21-11-. The van der Waals surface area contributed by atoms with Crippen LogP contribution in [0.3, 0.4) is 0 Å². The van der Waals surface area contributed by atoms with Crippen molar-refractivity contribution in [2.24, 2.45) is 4.99 Å². The molecular formula is C26H25ClN2O5S. The normalized spacial score (nSPS) is 15.5. The number of thiazole rings is 1. The van der Waals surface area contributed by atoms with Crippen LogP contribution >= 0.6 is 22.9 Å². The van der Waals surface area contributed by atoms with Gasteiger partial charge in [0.15, 0.2) is 22.1 Å². The van der Waals surface area contributed by atoms with E-state index in [9.17, 15) is 9.59 Å². The molecule has 0 saturated heterocycles. The summed E-state index contributed by atoms with van der Waals surface area (Å²) in [4.78, 5) is 32.0. The molecule has 1 unspecified atom stereocenters. The first-order valence-electron chi connectivity index (χ1n) is 10.9. The second kappa shape index (κ2) is 10.1. The van der Waals surface area contributed by atoms with Crippen LogP contribution in [0.4, 0.5) is 0 Å². The smallest absolute Gasteiger partial charge is 0.271 e. The molecule has 2 heterocycles. The van der Waals surface area contributed by atoms with E-state index in [1.165, 1.54) is 32.7 Å². The van der Waals surface area contributed by atoms with Crippen molar-refractivity contribution < 1.29 is 19.0 Å². The Kier molecular flexibility index (Phi) is 7.14. The zero-order valence-corrected chi connectivity index (χ0v) is 21.6. The molecule has 182 valence electrons. The lowest BCUT2D eigenvalue weighted by atomic mass is 9.91. The van der Waals surface area contributed by atoms with E-state index in [1.807, 2.05) is 12.1 Å². The lowest BCUT2D eigenvalue weighted by Gasteiger charge is -2.26. The van der Waals surface area contributed by atoms with Gasteiger partial charge < -0.3 is 14.2 Å². The second-order valence-electron chi connectivity index (χ2n) is 7.87. The maximum Gasteiger partial charge on any atom is 0.271 e. The van der Waals surface area contributed by atoms with E-state index in [0.29, 0.717) is 48.4 Å². The van der Waals surface area contributed by atoms with Crippen molar-refractivity contribution in [3.8, 4) is 17.2 Å². The molecule has 3 aromatic rings. The molecule has 0 saturated carbocycles. The van der Waals surface area contributed by atoms with Gasteiger partial charge in [0.1, 0.15) is 0 Å². The SMILES string of the molecule is CCC(=O)C1=C(C)N=c2s/c(=C\c3ccc(Cl)cc3)c(=O)n2C1c1cc(OC)c(OC)c(OC)c1. The summed E-state index contributed by atoms with van der Waals surface area (Å²) in [7, 11) is 4.58. The number of hydrogen-bond donors (Lipinski definition) is 0. The molecule has 9 heteroatoms. The van der Waals surface area contributed by atoms with Gasteiger partial charge in [0.2, 0.25) is 5.75 Å². The summed E-state index contributed by atoms with van der Waals surface area (Å²) in [6.45, 7) is 3.59. The third-order valence-corrected chi connectivity index (χ3v) is 7.05. The molecule has 0 radical (unpaired) electrons. The Balaban J connectivity index is 2.01. The first-order valence-corrected chi connectivity index (χ1v) is 12.1. The predicted molar refractivity (Wildman–Crippen MR) is 137 cm³/mol. The van der Waals surface area contributed by atoms with Crippen LogP contribution < -0.4 is 29.1 Å². The van der Waals surface area contributed by atoms with Crippen LogP contribution in [-0.4, -0.2) is 31.7 Å². The van der Waals surface area contributed by atoms with Crippen molar-refractivity contribution >= 4 is 34.8 Å².